The van der Waals surface area contributed by atoms with Gasteiger partial charge in [0.1, 0.15) is 29.6 Å². The molecule has 0 bridgehead atoms. The molecule has 0 atom stereocenters. The Morgan fingerprint density at radius 1 is 0.192 bits per heavy atom. The van der Waals surface area contributed by atoms with Crippen LogP contribution >= 0.6 is 0 Å². The fourth-order valence-electron chi connectivity index (χ4n) is 5.13. The van der Waals surface area contributed by atoms with Gasteiger partial charge in [-0.3, -0.25) is 80.9 Å². The monoisotopic (exact) mass is 1450 g/mol. The van der Waals surface area contributed by atoms with E-state index in [1.807, 2.05) is 0 Å². The number of nitro groups is 8. The second-order valence-electron chi connectivity index (χ2n) is 16.1. The summed E-state index contributed by atoms with van der Waals surface area (Å²) in [6.45, 7) is 0. The molecule has 0 fully saturated rings. The van der Waals surface area contributed by atoms with Gasteiger partial charge in [0, 0.05) is 194 Å². The number of halogens is 4. The van der Waals surface area contributed by atoms with Crippen LogP contribution in [-0.2, 0) is 0 Å². The number of non-ortho nitro benzene ring substituents is 8. The van der Waals surface area contributed by atoms with Crippen LogP contribution in [0.1, 0.15) is 0 Å². The molecule has 0 aliphatic rings. The van der Waals surface area contributed by atoms with Crippen LogP contribution in [0.25, 0.3) is 39.8 Å². The van der Waals surface area contributed by atoms with E-state index in [1.165, 1.54) is 194 Å². The van der Waals surface area contributed by atoms with E-state index in [0.717, 1.165) is 0 Å². The van der Waals surface area contributed by atoms with E-state index in [9.17, 15) is 98.2 Å². The molecule has 8 aromatic carbocycles. The average molecular weight is 1450 g/mol. The van der Waals surface area contributed by atoms with Crippen molar-refractivity contribution < 1.29 is 96.8 Å². The van der Waals surface area contributed by atoms with Gasteiger partial charge in [-0.05, 0) is 0 Å². The molecule has 0 N–H and O–H groups in total. The highest BCUT2D eigenvalue weighted by atomic mass is 19.1. The van der Waals surface area contributed by atoms with Crippen molar-refractivity contribution in [2.24, 2.45) is 0 Å². The zero-order valence-corrected chi connectivity index (χ0v) is 50.8. The second kappa shape index (κ2) is 55.1. The Hall–Kier alpha value is -16.0. The Morgan fingerprint density at radius 3 is 0.288 bits per heavy atom. The number of rotatable bonds is 8. The van der Waals surface area contributed by atoms with Crippen molar-refractivity contribution in [3.05, 3.63) is 315 Å². The summed E-state index contributed by atoms with van der Waals surface area (Å²) < 4.78 is 39.6. The molecule has 0 aromatic heterocycles. The maximum atomic E-state index is 10.1. The summed E-state index contributed by atoms with van der Waals surface area (Å²) in [6, 6.07) is 42.1. The molecule has 56 heteroatoms. The molecule has 0 saturated heterocycles. The van der Waals surface area contributed by atoms with Gasteiger partial charge in [0.15, 0.2) is 39.8 Å². The van der Waals surface area contributed by atoms with Crippen LogP contribution in [0.15, 0.2) is 194 Å². The van der Waals surface area contributed by atoms with Crippen molar-refractivity contribution in [2.45, 2.75) is 0 Å². The topological polar surface area (TPSA) is 755 Å². The number of nitrogens with zero attached hydrogens (tertiary/aromatic N) is 24. The lowest BCUT2D eigenvalue weighted by Gasteiger charge is -2.09. The summed E-state index contributed by atoms with van der Waals surface area (Å²) >= 11 is 0. The van der Waals surface area contributed by atoms with Crippen molar-refractivity contribution in [2.75, 3.05) is 0 Å². The lowest BCUT2D eigenvalue weighted by Crippen LogP contribution is -2.39. The highest BCUT2D eigenvalue weighted by Crippen LogP contribution is 2.23. The normalized spacial score (nSPS) is 8.35. The van der Waals surface area contributed by atoms with Crippen LogP contribution in [0.3, 0.4) is 0 Å². The third kappa shape index (κ3) is 49.5. The number of nitro benzene ring substituents is 8. The zero-order valence-electron chi connectivity index (χ0n) is 50.8. The van der Waals surface area contributed by atoms with E-state index in [4.69, 9.17) is 83.3 Å². The molecule has 0 aliphatic carbocycles. The van der Waals surface area contributed by atoms with Crippen molar-refractivity contribution in [3.8, 4) is 0 Å². The standard InChI is InChI=1S/8C6H4N3O2.4BFO2/c8*7-8-5-1-3-6(4-2-5)9(10)11;4*2-1(3)4/h8*1-4H;;;;/q8*+1;4*-2. The first-order chi connectivity index (χ1) is 48.8. The van der Waals surface area contributed by atoms with Crippen molar-refractivity contribution >= 4 is 121 Å². The van der Waals surface area contributed by atoms with E-state index in [1.54, 1.807) is 0 Å². The van der Waals surface area contributed by atoms with E-state index in [-0.39, 0.29) is 45.5 Å². The van der Waals surface area contributed by atoms with Crippen LogP contribution < -0.4 is 40.2 Å². The predicted molar refractivity (Wildman–Crippen MR) is 330 cm³/mol. The lowest BCUT2D eigenvalue weighted by atomic mass is 10.3. The average Bonchev–Trinajstić information content (AvgIpc) is 1.03. The van der Waals surface area contributed by atoms with E-state index in [0.29, 0.717) is 45.5 Å². The minimum Gasteiger partial charge on any atom is -0.867 e. The molecule has 528 valence electrons. The maximum Gasteiger partial charge on any atom is 0.385 e. The van der Waals surface area contributed by atoms with Crippen LogP contribution in [-0.4, -0.2) is 69.0 Å². The first-order valence-electron chi connectivity index (χ1n) is 25.4. The minimum absolute atomic E-state index is 0.0163. The highest BCUT2D eigenvalue weighted by Gasteiger charge is 2.15. The highest BCUT2D eigenvalue weighted by molar-refractivity contribution is 6.27. The fourth-order valence-corrected chi connectivity index (χ4v) is 5.13. The van der Waals surface area contributed by atoms with Crippen LogP contribution in [0, 0.1) is 124 Å². The molecule has 0 heterocycles. The molecule has 8 rings (SSSR count). The molecular weight excluding hydrogens is 1420 g/mol. The van der Waals surface area contributed by atoms with Gasteiger partial charge in [0.05, 0.1) is 39.4 Å². The van der Waals surface area contributed by atoms with E-state index < -0.39 is 69.0 Å². The molecule has 0 unspecified atom stereocenters. The molecule has 48 nitrogen and oxygen atoms in total. The van der Waals surface area contributed by atoms with Gasteiger partial charge < -0.3 is 57.5 Å². The van der Waals surface area contributed by atoms with E-state index >= 15 is 0 Å². The molecule has 0 amide bonds. The Bertz CT molecular complexity index is 3560. The van der Waals surface area contributed by atoms with Crippen molar-refractivity contribution in [1.82, 2.24) is 0 Å². The predicted octanol–water partition coefficient (Wildman–Crippen LogP) is 7.28. The summed E-state index contributed by atoms with van der Waals surface area (Å²) in [5.41, 5.74) is 2.28. The Balaban J connectivity index is -0.000000533. The van der Waals surface area contributed by atoms with Gasteiger partial charge >= 0.3 is 45.5 Å². The maximum absolute atomic E-state index is 10.1. The third-order valence-electron chi connectivity index (χ3n) is 9.41. The lowest BCUT2D eigenvalue weighted by molar-refractivity contribution is -0.385. The Morgan fingerprint density at radius 2 is 0.250 bits per heavy atom. The minimum atomic E-state index is -3.17. The van der Waals surface area contributed by atoms with E-state index in [2.05, 4.69) is 39.8 Å². The van der Waals surface area contributed by atoms with Crippen LogP contribution in [0.4, 0.5) is 108 Å². The summed E-state index contributed by atoms with van der Waals surface area (Å²) in [7, 11) is -12.7. The first kappa shape index (κ1) is 94.4. The third-order valence-corrected chi connectivity index (χ3v) is 9.41. The summed E-state index contributed by atoms with van der Waals surface area (Å²) in [5.74, 6) is 0. The molecule has 0 spiro atoms. The number of diazo groups is 8. The van der Waals surface area contributed by atoms with Crippen molar-refractivity contribution in [1.29, 1.82) is 43.1 Å². The van der Waals surface area contributed by atoms with Gasteiger partial charge in [0.25, 0.3) is 45.5 Å². The molecule has 0 saturated carbocycles. The molecule has 0 radical (unpaired) electrons. The fraction of sp³-hybridized carbons (Fsp3) is 0. The zero-order chi connectivity index (χ0) is 80.5. The summed E-state index contributed by atoms with van der Waals surface area (Å²) in [6.07, 6.45) is 0. The number of hydrogen-bond donors (Lipinski definition) is 0. The molecule has 8 aromatic rings. The molecular formula is C48H32B4F4N24O24. The Kier molecular flexibility index (Phi) is 50.0. The van der Waals surface area contributed by atoms with Gasteiger partial charge in [0.2, 0.25) is 43.1 Å². The van der Waals surface area contributed by atoms with Crippen molar-refractivity contribution in [3.63, 3.8) is 0 Å². The van der Waals surface area contributed by atoms with Crippen LogP contribution in [0.2, 0.25) is 0 Å². The first-order valence-corrected chi connectivity index (χ1v) is 25.4. The van der Waals surface area contributed by atoms with Crippen LogP contribution in [0.5, 0.6) is 0 Å². The summed E-state index contributed by atoms with van der Waals surface area (Å²) in [5, 5.41) is 213. The van der Waals surface area contributed by atoms with Gasteiger partial charge in [-0.15, -0.1) is 0 Å². The van der Waals surface area contributed by atoms with Gasteiger partial charge in [-0.1, -0.05) is 0 Å². The smallest absolute Gasteiger partial charge is 0.385 e. The molecule has 104 heavy (non-hydrogen) atoms. The quantitative estimate of drug-likeness (QED) is 0.0474. The number of hydrogen-bond acceptors (Lipinski definition) is 32. The second-order valence-corrected chi connectivity index (χ2v) is 16.1. The Labute approximate surface area is 574 Å². The molecule has 0 aliphatic heterocycles. The van der Waals surface area contributed by atoms with Gasteiger partial charge in [-0.2, -0.15) is 0 Å². The summed E-state index contributed by atoms with van der Waals surface area (Å²) in [4.78, 5) is 99.6. The van der Waals surface area contributed by atoms with Gasteiger partial charge in [-0.25, -0.2) is 0 Å². The SMILES string of the molecule is N#[N+]c1ccc([N+](=O)[O-])cc1.N#[N+]c1ccc([N+](=O)[O-])cc1.N#[N+]c1ccc([N+](=O)[O-])cc1.N#[N+]c1ccc([N+](=O)[O-])cc1.N#[N+]c1ccc([N+](=O)[O-])cc1.N#[N+]c1ccc([N+](=O)[O-])cc1.N#[N+]c1ccc([N+](=O)[O-])cc1.N#[N+]c1ccc([N+](=O)[O-])cc1.[O-]B([O-])F.[O-]B([O-])F.[O-]B([O-])F.[O-]B([O-])F. The largest absolute Gasteiger partial charge is 0.867 e. The number of benzene rings is 8.